The summed E-state index contributed by atoms with van der Waals surface area (Å²) in [6.07, 6.45) is -3.18. The van der Waals surface area contributed by atoms with E-state index in [9.17, 15) is 22.0 Å². The molecule has 4 nitrogen and oxygen atoms in total. The minimum Gasteiger partial charge on any atom is -0.478 e. The van der Waals surface area contributed by atoms with Gasteiger partial charge in [-0.25, -0.2) is 13.2 Å². The number of alkyl halides is 3. The van der Waals surface area contributed by atoms with Crippen LogP contribution in [0.4, 0.5) is 26.3 Å². The maximum absolute atomic E-state index is 15.2. The predicted octanol–water partition coefficient (Wildman–Crippen LogP) is 7.07. The minimum atomic E-state index is -4.73. The second-order valence-corrected chi connectivity index (χ2v) is 9.31. The SMILES string of the molecule is COCCCC1COC(c2ccc3c(F)c(CCc4cc(F)c(OCC(F)(F)F)c(F)c4)ccc3c2)OC1. The molecule has 0 unspecified atom stereocenters. The molecule has 0 spiro atoms. The summed E-state index contributed by atoms with van der Waals surface area (Å²) in [7, 11) is 1.67. The summed E-state index contributed by atoms with van der Waals surface area (Å²) in [6.45, 7) is 0.0177. The van der Waals surface area contributed by atoms with Gasteiger partial charge in [-0.3, -0.25) is 0 Å². The van der Waals surface area contributed by atoms with Crippen molar-refractivity contribution in [1.29, 1.82) is 0 Å². The van der Waals surface area contributed by atoms with E-state index in [1.807, 2.05) is 6.07 Å². The molecule has 0 amide bonds. The number of fused-ring (bicyclic) bond motifs is 1. The van der Waals surface area contributed by atoms with Gasteiger partial charge >= 0.3 is 6.18 Å². The summed E-state index contributed by atoms with van der Waals surface area (Å²) >= 11 is 0. The zero-order valence-electron chi connectivity index (χ0n) is 20.8. The molecule has 0 aromatic heterocycles. The molecule has 1 aliphatic heterocycles. The topological polar surface area (TPSA) is 36.9 Å². The van der Waals surface area contributed by atoms with Gasteiger partial charge in [0.05, 0.1) is 13.2 Å². The Kier molecular flexibility index (Phi) is 9.17. The molecule has 0 N–H and O–H groups in total. The molecule has 3 aromatic carbocycles. The summed E-state index contributed by atoms with van der Waals surface area (Å²) in [5.74, 6) is -3.74. The largest absolute Gasteiger partial charge is 0.478 e. The molecule has 3 aromatic rings. The van der Waals surface area contributed by atoms with E-state index in [1.165, 1.54) is 0 Å². The van der Waals surface area contributed by atoms with Crippen molar-refractivity contribution in [2.75, 3.05) is 33.5 Å². The quantitative estimate of drug-likeness (QED) is 0.203. The zero-order valence-corrected chi connectivity index (χ0v) is 20.8. The Labute approximate surface area is 216 Å². The lowest BCUT2D eigenvalue weighted by molar-refractivity contribution is -0.206. The van der Waals surface area contributed by atoms with E-state index in [-0.39, 0.29) is 18.4 Å². The molecule has 0 saturated carbocycles. The summed E-state index contributed by atoms with van der Waals surface area (Å²) in [5.41, 5.74) is 1.28. The standard InChI is InChI=1S/C28H28F6O4/c1-35-10-2-3-18-14-36-27(37-15-18)21-8-9-22-20(13-21)7-6-19(25(22)31)5-4-17-11-23(29)26(24(30)12-17)38-16-28(32,33)34/h6-9,11-13,18,27H,2-5,10,14-16H2,1H3. The molecule has 0 bridgehead atoms. The molecule has 1 aliphatic rings. The number of benzene rings is 3. The van der Waals surface area contributed by atoms with Crippen molar-refractivity contribution in [2.45, 2.75) is 38.1 Å². The van der Waals surface area contributed by atoms with Gasteiger partial charge < -0.3 is 18.9 Å². The second kappa shape index (κ2) is 12.4. The molecule has 10 heteroatoms. The van der Waals surface area contributed by atoms with Crippen LogP contribution in [-0.2, 0) is 27.1 Å². The average Bonchev–Trinajstić information content (AvgIpc) is 2.87. The second-order valence-electron chi connectivity index (χ2n) is 9.31. The van der Waals surface area contributed by atoms with E-state index in [0.717, 1.165) is 30.5 Å². The zero-order chi connectivity index (χ0) is 27.3. The maximum Gasteiger partial charge on any atom is 0.422 e. The smallest absolute Gasteiger partial charge is 0.422 e. The van der Waals surface area contributed by atoms with Crippen molar-refractivity contribution in [3.63, 3.8) is 0 Å². The summed E-state index contributed by atoms with van der Waals surface area (Å²) in [6, 6.07) is 10.3. The third-order valence-electron chi connectivity index (χ3n) is 6.38. The highest BCUT2D eigenvalue weighted by molar-refractivity contribution is 5.84. The normalized spacial score (nSPS) is 18.2. The molecule has 0 radical (unpaired) electrons. The third-order valence-corrected chi connectivity index (χ3v) is 6.38. The highest BCUT2D eigenvalue weighted by atomic mass is 19.4. The van der Waals surface area contributed by atoms with Crippen molar-refractivity contribution in [3.05, 3.63) is 76.6 Å². The van der Waals surface area contributed by atoms with Gasteiger partial charge in [-0.1, -0.05) is 24.3 Å². The van der Waals surface area contributed by atoms with Crippen LogP contribution in [-0.4, -0.2) is 39.7 Å². The van der Waals surface area contributed by atoms with Gasteiger partial charge in [0, 0.05) is 30.6 Å². The molecule has 1 fully saturated rings. The highest BCUT2D eigenvalue weighted by Gasteiger charge is 2.30. The number of methoxy groups -OCH3 is 1. The first-order valence-electron chi connectivity index (χ1n) is 12.2. The Morgan fingerprint density at radius 3 is 2.29 bits per heavy atom. The van der Waals surface area contributed by atoms with Crippen LogP contribution in [0.2, 0.25) is 0 Å². The van der Waals surface area contributed by atoms with Gasteiger partial charge in [-0.2, -0.15) is 13.2 Å². The first-order valence-corrected chi connectivity index (χ1v) is 12.2. The fourth-order valence-electron chi connectivity index (χ4n) is 4.44. The van der Waals surface area contributed by atoms with Crippen molar-refractivity contribution in [2.24, 2.45) is 5.92 Å². The molecule has 0 atom stereocenters. The molecule has 0 aliphatic carbocycles. The fourth-order valence-corrected chi connectivity index (χ4v) is 4.44. The Balaban J connectivity index is 1.39. The van der Waals surface area contributed by atoms with Crippen LogP contribution in [0, 0.1) is 23.4 Å². The van der Waals surface area contributed by atoms with Crippen molar-refractivity contribution < 1.29 is 45.3 Å². The van der Waals surface area contributed by atoms with Crippen LogP contribution >= 0.6 is 0 Å². The van der Waals surface area contributed by atoms with E-state index in [4.69, 9.17) is 14.2 Å². The van der Waals surface area contributed by atoms with Crippen LogP contribution in [0.25, 0.3) is 10.8 Å². The van der Waals surface area contributed by atoms with E-state index in [1.54, 1.807) is 31.4 Å². The number of halogens is 6. The molecule has 38 heavy (non-hydrogen) atoms. The maximum atomic E-state index is 15.2. The number of hydrogen-bond donors (Lipinski definition) is 0. The van der Waals surface area contributed by atoms with Crippen LogP contribution in [0.3, 0.4) is 0 Å². The van der Waals surface area contributed by atoms with Crippen molar-refractivity contribution >= 4 is 10.8 Å². The first-order chi connectivity index (χ1) is 18.1. The molecule has 1 saturated heterocycles. The molecular weight excluding hydrogens is 514 g/mol. The van der Waals surface area contributed by atoms with Crippen LogP contribution in [0.1, 0.15) is 35.8 Å². The number of ether oxygens (including phenoxy) is 4. The Morgan fingerprint density at radius 1 is 0.921 bits per heavy atom. The van der Waals surface area contributed by atoms with E-state index >= 15 is 4.39 Å². The average molecular weight is 543 g/mol. The first kappa shape index (κ1) is 28.2. The van der Waals surface area contributed by atoms with Crippen LogP contribution < -0.4 is 4.74 Å². The lowest BCUT2D eigenvalue weighted by Crippen LogP contribution is -2.27. The lowest BCUT2D eigenvalue weighted by atomic mass is 9.98. The fraction of sp³-hybridized carbons (Fsp3) is 0.429. The van der Waals surface area contributed by atoms with Gasteiger partial charge in [-0.05, 0) is 60.4 Å². The van der Waals surface area contributed by atoms with Gasteiger partial charge in [0.15, 0.2) is 30.3 Å². The molecule has 4 rings (SSSR count). The molecule has 206 valence electrons. The molecular formula is C28H28F6O4. The third kappa shape index (κ3) is 7.18. The molecule has 1 heterocycles. The predicted molar refractivity (Wildman–Crippen MR) is 128 cm³/mol. The van der Waals surface area contributed by atoms with Gasteiger partial charge in [0.1, 0.15) is 5.82 Å². The van der Waals surface area contributed by atoms with E-state index < -0.39 is 42.3 Å². The number of hydrogen-bond acceptors (Lipinski definition) is 4. The Bertz CT molecular complexity index is 1210. The Morgan fingerprint density at radius 2 is 1.63 bits per heavy atom. The van der Waals surface area contributed by atoms with Gasteiger partial charge in [0.25, 0.3) is 0 Å². The number of aryl methyl sites for hydroxylation is 2. The van der Waals surface area contributed by atoms with Crippen molar-refractivity contribution in [1.82, 2.24) is 0 Å². The van der Waals surface area contributed by atoms with Gasteiger partial charge in [0.2, 0.25) is 0 Å². The van der Waals surface area contributed by atoms with Crippen molar-refractivity contribution in [3.8, 4) is 5.75 Å². The highest BCUT2D eigenvalue weighted by Crippen LogP contribution is 2.31. The van der Waals surface area contributed by atoms with Crippen LogP contribution in [0.5, 0.6) is 5.75 Å². The van der Waals surface area contributed by atoms with E-state index in [0.29, 0.717) is 42.1 Å². The monoisotopic (exact) mass is 542 g/mol. The summed E-state index contributed by atoms with van der Waals surface area (Å²) in [4.78, 5) is 0. The minimum absolute atomic E-state index is 0.0726. The Hall–Kier alpha value is -2.82. The summed E-state index contributed by atoms with van der Waals surface area (Å²) < 4.78 is 101. The summed E-state index contributed by atoms with van der Waals surface area (Å²) in [5, 5.41) is 1.04. The number of rotatable bonds is 10. The van der Waals surface area contributed by atoms with Gasteiger partial charge in [-0.15, -0.1) is 0 Å². The van der Waals surface area contributed by atoms with Crippen LogP contribution in [0.15, 0.2) is 42.5 Å². The lowest BCUT2D eigenvalue weighted by Gasteiger charge is -2.29. The van der Waals surface area contributed by atoms with E-state index in [2.05, 4.69) is 4.74 Å².